The van der Waals surface area contributed by atoms with Crippen LogP contribution in [0.1, 0.15) is 29.3 Å². The second kappa shape index (κ2) is 8.27. The molecular weight excluding hydrogens is 349 g/mol. The monoisotopic (exact) mass is 367 g/mol. The molecule has 128 valence electrons. The van der Waals surface area contributed by atoms with Crippen LogP contribution in [0.3, 0.4) is 0 Å². The average Bonchev–Trinajstić information content (AvgIpc) is 2.56. The van der Waals surface area contributed by atoms with E-state index in [0.29, 0.717) is 39.4 Å². The van der Waals surface area contributed by atoms with E-state index in [4.69, 9.17) is 32.7 Å². The first-order valence-corrected chi connectivity index (χ1v) is 8.29. The predicted octanol–water partition coefficient (Wildman–Crippen LogP) is 5.35. The van der Waals surface area contributed by atoms with Gasteiger partial charge in [-0.1, -0.05) is 36.2 Å². The van der Waals surface area contributed by atoms with Gasteiger partial charge in [-0.25, -0.2) is 0 Å². The minimum absolute atomic E-state index is 0.308. The van der Waals surface area contributed by atoms with Gasteiger partial charge in [-0.2, -0.15) is 0 Å². The third kappa shape index (κ3) is 4.34. The summed E-state index contributed by atoms with van der Waals surface area (Å²) in [5.74, 6) is 0.552. The van der Waals surface area contributed by atoms with Gasteiger partial charge >= 0.3 is 0 Å². The first-order chi connectivity index (χ1) is 11.5. The molecule has 6 heteroatoms. The minimum Gasteiger partial charge on any atom is -0.493 e. The molecule has 2 aromatic carbocycles. The molecular formula is C18H19Cl2NO3. The molecule has 2 rings (SSSR count). The van der Waals surface area contributed by atoms with E-state index >= 15 is 0 Å². The van der Waals surface area contributed by atoms with Crippen molar-refractivity contribution in [2.24, 2.45) is 0 Å². The van der Waals surface area contributed by atoms with Crippen molar-refractivity contribution in [3.05, 3.63) is 51.5 Å². The van der Waals surface area contributed by atoms with Crippen molar-refractivity contribution in [2.75, 3.05) is 19.0 Å². The third-order valence-corrected chi connectivity index (χ3v) is 4.06. The minimum atomic E-state index is -0.308. The lowest BCUT2D eigenvalue weighted by molar-refractivity contribution is 0.102. The van der Waals surface area contributed by atoms with Crippen LogP contribution in [0.2, 0.25) is 10.0 Å². The lowest BCUT2D eigenvalue weighted by Gasteiger charge is -2.14. The molecule has 0 bridgehead atoms. The summed E-state index contributed by atoms with van der Waals surface area (Å²) >= 11 is 12.3. The summed E-state index contributed by atoms with van der Waals surface area (Å²) in [5.41, 5.74) is 1.92. The number of methoxy groups -OCH3 is 1. The molecule has 0 aromatic heterocycles. The van der Waals surface area contributed by atoms with Gasteiger partial charge in [0, 0.05) is 16.3 Å². The SMILES string of the molecule is CCCOc1c(Cl)cc(C(=O)Nc2ccc(C)c(Cl)c2)cc1OC. The number of rotatable bonds is 6. The Hall–Kier alpha value is -1.91. The molecule has 0 spiro atoms. The van der Waals surface area contributed by atoms with E-state index in [2.05, 4.69) is 5.32 Å². The lowest BCUT2D eigenvalue weighted by atomic mass is 10.1. The molecule has 24 heavy (non-hydrogen) atoms. The maximum absolute atomic E-state index is 12.4. The van der Waals surface area contributed by atoms with Crippen LogP contribution in [-0.4, -0.2) is 19.6 Å². The van der Waals surface area contributed by atoms with Crippen LogP contribution < -0.4 is 14.8 Å². The highest BCUT2D eigenvalue weighted by molar-refractivity contribution is 6.33. The van der Waals surface area contributed by atoms with E-state index in [9.17, 15) is 4.79 Å². The second-order valence-electron chi connectivity index (χ2n) is 5.26. The maximum atomic E-state index is 12.4. The number of nitrogens with one attached hydrogen (secondary N) is 1. The van der Waals surface area contributed by atoms with Gasteiger partial charge in [0.25, 0.3) is 5.91 Å². The number of halogens is 2. The fraction of sp³-hybridized carbons (Fsp3) is 0.278. The largest absolute Gasteiger partial charge is 0.493 e. The number of hydrogen-bond acceptors (Lipinski definition) is 3. The Kier molecular flexibility index (Phi) is 6.35. The molecule has 4 nitrogen and oxygen atoms in total. The Bertz CT molecular complexity index is 747. The molecule has 0 atom stereocenters. The zero-order chi connectivity index (χ0) is 17.7. The van der Waals surface area contributed by atoms with E-state index < -0.39 is 0 Å². The van der Waals surface area contributed by atoms with E-state index in [1.807, 2.05) is 19.9 Å². The maximum Gasteiger partial charge on any atom is 0.255 e. The van der Waals surface area contributed by atoms with Crippen LogP contribution in [-0.2, 0) is 0 Å². The molecule has 0 aliphatic rings. The number of benzene rings is 2. The van der Waals surface area contributed by atoms with Crippen molar-refractivity contribution >= 4 is 34.8 Å². The van der Waals surface area contributed by atoms with Gasteiger partial charge in [0.05, 0.1) is 18.7 Å². The number of aryl methyl sites for hydroxylation is 1. The molecule has 1 N–H and O–H groups in total. The zero-order valence-corrected chi connectivity index (χ0v) is 15.3. The predicted molar refractivity (Wildman–Crippen MR) is 97.9 cm³/mol. The van der Waals surface area contributed by atoms with Crippen molar-refractivity contribution in [3.63, 3.8) is 0 Å². The number of hydrogen-bond donors (Lipinski definition) is 1. The number of ether oxygens (including phenoxy) is 2. The fourth-order valence-corrected chi connectivity index (χ4v) is 2.51. The second-order valence-corrected chi connectivity index (χ2v) is 6.07. The van der Waals surface area contributed by atoms with E-state index in [1.54, 1.807) is 24.3 Å². The smallest absolute Gasteiger partial charge is 0.255 e. The Morgan fingerprint density at radius 1 is 1.17 bits per heavy atom. The number of amides is 1. The van der Waals surface area contributed by atoms with Crippen LogP contribution >= 0.6 is 23.2 Å². The van der Waals surface area contributed by atoms with Gasteiger partial charge in [0.2, 0.25) is 0 Å². The van der Waals surface area contributed by atoms with Crippen LogP contribution in [0.4, 0.5) is 5.69 Å². The van der Waals surface area contributed by atoms with Crippen LogP contribution in [0.5, 0.6) is 11.5 Å². The standard InChI is InChI=1S/C18H19Cl2NO3/c1-4-7-24-17-15(20)8-12(9-16(17)23-3)18(22)21-13-6-5-11(2)14(19)10-13/h5-6,8-10H,4,7H2,1-3H3,(H,21,22). The van der Waals surface area contributed by atoms with Crippen molar-refractivity contribution in [3.8, 4) is 11.5 Å². The Balaban J connectivity index is 2.25. The van der Waals surface area contributed by atoms with Crippen molar-refractivity contribution in [1.82, 2.24) is 0 Å². The Morgan fingerprint density at radius 2 is 1.92 bits per heavy atom. The molecule has 0 aliphatic carbocycles. The molecule has 0 aliphatic heterocycles. The molecule has 0 radical (unpaired) electrons. The highest BCUT2D eigenvalue weighted by Crippen LogP contribution is 2.36. The highest BCUT2D eigenvalue weighted by Gasteiger charge is 2.16. The molecule has 0 saturated carbocycles. The molecule has 0 fully saturated rings. The van der Waals surface area contributed by atoms with Gasteiger partial charge in [-0.05, 0) is 43.2 Å². The quantitative estimate of drug-likeness (QED) is 0.748. The fourth-order valence-electron chi connectivity index (χ4n) is 2.07. The zero-order valence-electron chi connectivity index (χ0n) is 13.8. The summed E-state index contributed by atoms with van der Waals surface area (Å²) in [6.45, 7) is 4.41. The van der Waals surface area contributed by atoms with E-state index in [1.165, 1.54) is 7.11 Å². The van der Waals surface area contributed by atoms with Crippen molar-refractivity contribution in [1.29, 1.82) is 0 Å². The molecule has 1 amide bonds. The lowest BCUT2D eigenvalue weighted by Crippen LogP contribution is -2.12. The molecule has 0 saturated heterocycles. The first kappa shape index (κ1) is 18.4. The van der Waals surface area contributed by atoms with Crippen molar-refractivity contribution in [2.45, 2.75) is 20.3 Å². The topological polar surface area (TPSA) is 47.6 Å². The molecule has 0 heterocycles. The van der Waals surface area contributed by atoms with Gasteiger partial charge in [-0.15, -0.1) is 0 Å². The summed E-state index contributed by atoms with van der Waals surface area (Å²) in [5, 5.41) is 3.71. The summed E-state index contributed by atoms with van der Waals surface area (Å²) in [4.78, 5) is 12.4. The summed E-state index contributed by atoms with van der Waals surface area (Å²) in [7, 11) is 1.51. The van der Waals surface area contributed by atoms with Crippen LogP contribution in [0.15, 0.2) is 30.3 Å². The third-order valence-electron chi connectivity index (χ3n) is 3.37. The Morgan fingerprint density at radius 3 is 2.54 bits per heavy atom. The van der Waals surface area contributed by atoms with Gasteiger partial charge in [0.15, 0.2) is 11.5 Å². The van der Waals surface area contributed by atoms with Crippen molar-refractivity contribution < 1.29 is 14.3 Å². The van der Waals surface area contributed by atoms with Gasteiger partial charge in [-0.3, -0.25) is 4.79 Å². The summed E-state index contributed by atoms with van der Waals surface area (Å²) < 4.78 is 10.9. The van der Waals surface area contributed by atoms with E-state index in [-0.39, 0.29) is 5.91 Å². The molecule has 2 aromatic rings. The van der Waals surface area contributed by atoms with E-state index in [0.717, 1.165) is 12.0 Å². The summed E-state index contributed by atoms with van der Waals surface area (Å²) in [6.07, 6.45) is 0.843. The Labute approximate surface area is 151 Å². The number of carbonyl (C=O) groups excluding carboxylic acids is 1. The molecule has 0 unspecified atom stereocenters. The highest BCUT2D eigenvalue weighted by atomic mass is 35.5. The van der Waals surface area contributed by atoms with Gasteiger partial charge < -0.3 is 14.8 Å². The van der Waals surface area contributed by atoms with Gasteiger partial charge in [0.1, 0.15) is 0 Å². The average molecular weight is 368 g/mol. The first-order valence-electron chi connectivity index (χ1n) is 7.54. The normalized spacial score (nSPS) is 10.4. The summed E-state index contributed by atoms with van der Waals surface area (Å²) in [6, 6.07) is 8.48. The number of anilines is 1. The van der Waals surface area contributed by atoms with Crippen LogP contribution in [0.25, 0.3) is 0 Å². The van der Waals surface area contributed by atoms with Crippen LogP contribution in [0, 0.1) is 6.92 Å². The number of carbonyl (C=O) groups is 1.